The molecule has 0 aliphatic heterocycles. The Hall–Kier alpha value is -1.61. The highest BCUT2D eigenvalue weighted by molar-refractivity contribution is 6.31. The first-order valence-electron chi connectivity index (χ1n) is 4.34. The van der Waals surface area contributed by atoms with Crippen molar-refractivity contribution in [2.75, 3.05) is 0 Å². The second kappa shape index (κ2) is 3.51. The van der Waals surface area contributed by atoms with Crippen LogP contribution in [0.1, 0.15) is 12.8 Å². The van der Waals surface area contributed by atoms with Crippen LogP contribution < -0.4 is 5.63 Å². The number of fused-ring (bicyclic) bond motifs is 1. The minimum absolute atomic E-state index is 0.245. The van der Waals surface area contributed by atoms with E-state index in [0.717, 1.165) is 0 Å². The first-order valence-corrected chi connectivity index (χ1v) is 4.72. The molecule has 0 fully saturated rings. The van der Waals surface area contributed by atoms with Gasteiger partial charge >= 0.3 is 5.63 Å². The van der Waals surface area contributed by atoms with Crippen LogP contribution in [0, 0.1) is 0 Å². The summed E-state index contributed by atoms with van der Waals surface area (Å²) in [6.45, 7) is 5.39. The molecule has 0 amide bonds. The van der Waals surface area contributed by atoms with E-state index < -0.39 is 5.63 Å². The molecule has 0 atom stereocenters. The summed E-state index contributed by atoms with van der Waals surface area (Å²) in [6, 6.07) is 4.85. The zero-order valence-corrected chi connectivity index (χ0v) is 8.84. The van der Waals surface area contributed by atoms with Crippen LogP contribution in [0.5, 0.6) is 0 Å². The van der Waals surface area contributed by atoms with E-state index in [9.17, 15) is 4.79 Å². The lowest BCUT2D eigenvalue weighted by molar-refractivity contribution is 0.486. The van der Waals surface area contributed by atoms with Crippen LogP contribution in [0.4, 0.5) is 0 Å². The third kappa shape index (κ3) is 1.78. The van der Waals surface area contributed by atoms with Gasteiger partial charge in [0, 0.05) is 10.6 Å². The summed E-state index contributed by atoms with van der Waals surface area (Å²) in [5.74, 6) is 0.245. The van der Waals surface area contributed by atoms with Gasteiger partial charge in [-0.15, -0.1) is 0 Å². The average Bonchev–Trinajstić information content (AvgIpc) is 2.16. The van der Waals surface area contributed by atoms with Gasteiger partial charge in [0.2, 0.25) is 5.89 Å². The molecule has 2 rings (SSSR count). The van der Waals surface area contributed by atoms with Crippen LogP contribution in [0.3, 0.4) is 0 Å². The highest BCUT2D eigenvalue weighted by Crippen LogP contribution is 2.17. The lowest BCUT2D eigenvalue weighted by atomic mass is 10.2. The molecule has 15 heavy (non-hydrogen) atoms. The maximum atomic E-state index is 11.5. The Morgan fingerprint density at radius 3 is 2.93 bits per heavy atom. The van der Waals surface area contributed by atoms with Gasteiger partial charge in [0.05, 0.1) is 10.9 Å². The molecule has 0 radical (unpaired) electrons. The third-order valence-electron chi connectivity index (χ3n) is 1.96. The lowest BCUT2D eigenvalue weighted by Gasteiger charge is -2.00. The van der Waals surface area contributed by atoms with Crippen LogP contribution in [0.2, 0.25) is 5.02 Å². The van der Waals surface area contributed by atoms with Crippen molar-refractivity contribution in [3.05, 3.63) is 46.1 Å². The Morgan fingerprint density at radius 1 is 1.53 bits per heavy atom. The van der Waals surface area contributed by atoms with Crippen molar-refractivity contribution in [3.63, 3.8) is 0 Å². The maximum absolute atomic E-state index is 11.5. The van der Waals surface area contributed by atoms with E-state index in [4.69, 9.17) is 16.0 Å². The molecular formula is C11H8ClNO2. The molecule has 0 N–H and O–H groups in total. The normalized spacial score (nSPS) is 10.5. The van der Waals surface area contributed by atoms with E-state index in [1.165, 1.54) is 0 Å². The van der Waals surface area contributed by atoms with E-state index in [-0.39, 0.29) is 5.89 Å². The Labute approximate surface area is 91.0 Å². The van der Waals surface area contributed by atoms with Crippen molar-refractivity contribution >= 4 is 28.1 Å². The summed E-state index contributed by atoms with van der Waals surface area (Å²) >= 11 is 5.81. The molecule has 0 aliphatic carbocycles. The minimum Gasteiger partial charge on any atom is -0.404 e. The van der Waals surface area contributed by atoms with Gasteiger partial charge in [-0.2, -0.15) is 0 Å². The number of allylic oxidation sites excluding steroid dienone is 1. The van der Waals surface area contributed by atoms with Crippen LogP contribution in [0.25, 0.3) is 16.5 Å². The van der Waals surface area contributed by atoms with Crippen molar-refractivity contribution in [2.45, 2.75) is 6.92 Å². The quantitative estimate of drug-likeness (QED) is 0.744. The monoisotopic (exact) mass is 221 g/mol. The third-order valence-corrected chi connectivity index (χ3v) is 2.19. The second-order valence-electron chi connectivity index (χ2n) is 3.25. The van der Waals surface area contributed by atoms with Gasteiger partial charge in [0.1, 0.15) is 0 Å². The van der Waals surface area contributed by atoms with Crippen LogP contribution >= 0.6 is 11.6 Å². The fraction of sp³-hybridized carbons (Fsp3) is 0.0909. The number of halogens is 1. The summed E-state index contributed by atoms with van der Waals surface area (Å²) < 4.78 is 4.98. The number of hydrogen-bond acceptors (Lipinski definition) is 3. The summed E-state index contributed by atoms with van der Waals surface area (Å²) in [6.07, 6.45) is 0. The molecule has 3 nitrogen and oxygen atoms in total. The zero-order chi connectivity index (χ0) is 11.0. The van der Waals surface area contributed by atoms with Crippen molar-refractivity contribution in [1.29, 1.82) is 0 Å². The number of hydrogen-bond donors (Lipinski definition) is 0. The van der Waals surface area contributed by atoms with Crippen molar-refractivity contribution in [2.24, 2.45) is 0 Å². The molecular weight excluding hydrogens is 214 g/mol. The SMILES string of the molecule is C=C(C)c1nc2cc(Cl)ccc2c(=O)o1. The Balaban J connectivity index is 2.85. The van der Waals surface area contributed by atoms with Gasteiger partial charge in [-0.1, -0.05) is 18.2 Å². The number of rotatable bonds is 1. The maximum Gasteiger partial charge on any atom is 0.347 e. The van der Waals surface area contributed by atoms with Gasteiger partial charge in [0.15, 0.2) is 0 Å². The van der Waals surface area contributed by atoms with Gasteiger partial charge in [-0.05, 0) is 25.1 Å². The van der Waals surface area contributed by atoms with Gasteiger partial charge in [0.25, 0.3) is 0 Å². The first-order chi connectivity index (χ1) is 7.08. The fourth-order valence-electron chi connectivity index (χ4n) is 1.23. The van der Waals surface area contributed by atoms with Gasteiger partial charge in [-0.25, -0.2) is 9.78 Å². The van der Waals surface area contributed by atoms with Crippen LogP contribution in [0.15, 0.2) is 34.0 Å². The largest absolute Gasteiger partial charge is 0.404 e. The van der Waals surface area contributed by atoms with E-state index in [1.54, 1.807) is 25.1 Å². The molecule has 76 valence electrons. The second-order valence-corrected chi connectivity index (χ2v) is 3.68. The molecule has 1 heterocycles. The molecule has 0 aliphatic rings. The predicted molar refractivity (Wildman–Crippen MR) is 60.0 cm³/mol. The highest BCUT2D eigenvalue weighted by Gasteiger charge is 2.06. The number of benzene rings is 1. The fourth-order valence-corrected chi connectivity index (χ4v) is 1.39. The van der Waals surface area contributed by atoms with E-state index >= 15 is 0 Å². The van der Waals surface area contributed by atoms with E-state index in [0.29, 0.717) is 21.5 Å². The Bertz CT molecular complexity index is 601. The summed E-state index contributed by atoms with van der Waals surface area (Å²) in [4.78, 5) is 15.7. The van der Waals surface area contributed by atoms with Crippen LogP contribution in [-0.4, -0.2) is 4.98 Å². The predicted octanol–water partition coefficient (Wildman–Crippen LogP) is 2.87. The smallest absolute Gasteiger partial charge is 0.347 e. The first kappa shape index (κ1) is 9.93. The number of aromatic nitrogens is 1. The molecule has 2 aromatic rings. The summed E-state index contributed by atoms with van der Waals surface area (Å²) in [7, 11) is 0. The molecule has 4 heteroatoms. The molecule has 1 aromatic heterocycles. The standard InChI is InChI=1S/C11H8ClNO2/c1-6(2)10-13-9-5-7(12)3-4-8(9)11(14)15-10/h3-5H,1H2,2H3. The molecule has 1 aromatic carbocycles. The Kier molecular flexibility index (Phi) is 2.32. The van der Waals surface area contributed by atoms with E-state index in [1.807, 2.05) is 0 Å². The summed E-state index contributed by atoms with van der Waals surface area (Å²) in [5.41, 5.74) is 0.709. The molecule has 0 spiro atoms. The molecule has 0 saturated heterocycles. The van der Waals surface area contributed by atoms with Crippen molar-refractivity contribution in [3.8, 4) is 0 Å². The lowest BCUT2D eigenvalue weighted by Crippen LogP contribution is -2.03. The molecule has 0 saturated carbocycles. The topological polar surface area (TPSA) is 43.1 Å². The van der Waals surface area contributed by atoms with E-state index in [2.05, 4.69) is 11.6 Å². The highest BCUT2D eigenvalue weighted by atomic mass is 35.5. The number of nitrogens with zero attached hydrogens (tertiary/aromatic N) is 1. The van der Waals surface area contributed by atoms with Crippen molar-refractivity contribution < 1.29 is 4.42 Å². The van der Waals surface area contributed by atoms with Crippen molar-refractivity contribution in [1.82, 2.24) is 4.98 Å². The van der Waals surface area contributed by atoms with Gasteiger partial charge in [-0.3, -0.25) is 0 Å². The Morgan fingerprint density at radius 2 is 2.27 bits per heavy atom. The minimum atomic E-state index is -0.422. The van der Waals surface area contributed by atoms with Crippen LogP contribution in [-0.2, 0) is 0 Å². The average molecular weight is 222 g/mol. The molecule has 0 bridgehead atoms. The van der Waals surface area contributed by atoms with Gasteiger partial charge < -0.3 is 4.42 Å². The molecule has 0 unspecified atom stereocenters. The zero-order valence-electron chi connectivity index (χ0n) is 8.08. The summed E-state index contributed by atoms with van der Waals surface area (Å²) in [5, 5.41) is 0.956.